The van der Waals surface area contributed by atoms with Crippen molar-refractivity contribution in [3.05, 3.63) is 12.2 Å². The lowest BCUT2D eigenvalue weighted by atomic mass is 9.92. The molecule has 1 aliphatic carbocycles. The van der Waals surface area contributed by atoms with Crippen LogP contribution in [0.3, 0.4) is 0 Å². The van der Waals surface area contributed by atoms with Gasteiger partial charge in [0.25, 0.3) is 0 Å². The standard InChI is InChI=1S/C9H16.C2H6/c1-7(2)9-6-4-5-8(9)3;1-2/h8-9H,1,4-6H2,2-3H3;1-2H3. The van der Waals surface area contributed by atoms with Crippen molar-refractivity contribution >= 4 is 0 Å². The van der Waals surface area contributed by atoms with Crippen LogP contribution in [0.1, 0.15) is 47.0 Å². The minimum atomic E-state index is 0.838. The Bertz CT molecular complexity index is 113. The van der Waals surface area contributed by atoms with Gasteiger partial charge in [-0.1, -0.05) is 45.8 Å². The fourth-order valence-corrected chi connectivity index (χ4v) is 1.88. The van der Waals surface area contributed by atoms with Gasteiger partial charge in [-0.05, 0) is 25.2 Å². The molecule has 0 heterocycles. The zero-order valence-electron chi connectivity index (χ0n) is 8.48. The van der Waals surface area contributed by atoms with Gasteiger partial charge in [0, 0.05) is 0 Å². The first-order valence-electron chi connectivity index (χ1n) is 4.87. The van der Waals surface area contributed by atoms with Crippen LogP contribution in [0.15, 0.2) is 12.2 Å². The number of hydrogen-bond acceptors (Lipinski definition) is 0. The van der Waals surface area contributed by atoms with Gasteiger partial charge in [0.05, 0.1) is 0 Å². The summed E-state index contributed by atoms with van der Waals surface area (Å²) in [6.07, 6.45) is 4.22. The topological polar surface area (TPSA) is 0 Å². The minimum Gasteiger partial charge on any atom is -0.0999 e. The second kappa shape index (κ2) is 5.40. The van der Waals surface area contributed by atoms with Gasteiger partial charge in [-0.25, -0.2) is 0 Å². The monoisotopic (exact) mass is 154 g/mol. The van der Waals surface area contributed by atoms with Crippen molar-refractivity contribution in [1.29, 1.82) is 0 Å². The zero-order chi connectivity index (χ0) is 8.85. The zero-order valence-corrected chi connectivity index (χ0v) is 8.48. The van der Waals surface area contributed by atoms with Gasteiger partial charge in [-0.15, -0.1) is 0 Å². The predicted molar refractivity (Wildman–Crippen MR) is 52.7 cm³/mol. The first-order chi connectivity index (χ1) is 5.22. The second-order valence-corrected chi connectivity index (χ2v) is 3.36. The molecule has 0 spiro atoms. The smallest absolute Gasteiger partial charge is 0.0183 e. The Labute approximate surface area is 71.7 Å². The molecule has 0 nitrogen and oxygen atoms in total. The molecule has 1 saturated carbocycles. The van der Waals surface area contributed by atoms with Gasteiger partial charge < -0.3 is 0 Å². The van der Waals surface area contributed by atoms with Gasteiger partial charge in [0.2, 0.25) is 0 Å². The Morgan fingerprint density at radius 2 is 1.82 bits per heavy atom. The summed E-state index contributed by atoms with van der Waals surface area (Å²) in [5.41, 5.74) is 1.39. The number of allylic oxidation sites excluding steroid dienone is 1. The molecule has 1 rings (SSSR count). The van der Waals surface area contributed by atoms with Crippen molar-refractivity contribution in [2.45, 2.75) is 47.0 Å². The molecule has 0 radical (unpaired) electrons. The summed E-state index contributed by atoms with van der Waals surface area (Å²) in [5, 5.41) is 0. The maximum absolute atomic E-state index is 3.99. The van der Waals surface area contributed by atoms with E-state index in [1.807, 2.05) is 13.8 Å². The molecule has 1 fully saturated rings. The van der Waals surface area contributed by atoms with E-state index in [0.717, 1.165) is 11.8 Å². The Morgan fingerprint density at radius 1 is 1.27 bits per heavy atom. The fourth-order valence-electron chi connectivity index (χ4n) is 1.88. The molecule has 11 heavy (non-hydrogen) atoms. The van der Waals surface area contributed by atoms with Crippen LogP contribution in [-0.2, 0) is 0 Å². The highest BCUT2D eigenvalue weighted by atomic mass is 14.3. The van der Waals surface area contributed by atoms with Crippen LogP contribution in [0.4, 0.5) is 0 Å². The third kappa shape index (κ3) is 3.09. The summed E-state index contributed by atoms with van der Waals surface area (Å²) in [4.78, 5) is 0. The van der Waals surface area contributed by atoms with Crippen molar-refractivity contribution in [1.82, 2.24) is 0 Å². The largest absolute Gasteiger partial charge is 0.0999 e. The van der Waals surface area contributed by atoms with Gasteiger partial charge >= 0.3 is 0 Å². The molecule has 2 unspecified atom stereocenters. The average Bonchev–Trinajstić information content (AvgIpc) is 2.39. The number of rotatable bonds is 1. The van der Waals surface area contributed by atoms with Crippen LogP contribution in [0, 0.1) is 11.8 Å². The SMILES string of the molecule is C=C(C)C1CCCC1C.CC. The highest BCUT2D eigenvalue weighted by molar-refractivity contribution is 5.00. The van der Waals surface area contributed by atoms with Crippen LogP contribution < -0.4 is 0 Å². The maximum Gasteiger partial charge on any atom is -0.0183 e. The van der Waals surface area contributed by atoms with Crippen molar-refractivity contribution in [3.63, 3.8) is 0 Å². The molecule has 0 aromatic carbocycles. The van der Waals surface area contributed by atoms with E-state index in [1.165, 1.54) is 24.8 Å². The van der Waals surface area contributed by atoms with Crippen LogP contribution in [0.25, 0.3) is 0 Å². The van der Waals surface area contributed by atoms with Crippen LogP contribution >= 0.6 is 0 Å². The van der Waals surface area contributed by atoms with E-state index in [9.17, 15) is 0 Å². The third-order valence-electron chi connectivity index (χ3n) is 2.49. The van der Waals surface area contributed by atoms with E-state index in [1.54, 1.807) is 0 Å². The highest BCUT2D eigenvalue weighted by Gasteiger charge is 2.22. The van der Waals surface area contributed by atoms with E-state index in [4.69, 9.17) is 0 Å². The molecule has 0 aromatic heterocycles. The van der Waals surface area contributed by atoms with Crippen molar-refractivity contribution < 1.29 is 0 Å². The summed E-state index contributed by atoms with van der Waals surface area (Å²) < 4.78 is 0. The Hall–Kier alpha value is -0.260. The molecule has 1 aliphatic rings. The van der Waals surface area contributed by atoms with E-state index in [0.29, 0.717) is 0 Å². The highest BCUT2D eigenvalue weighted by Crippen LogP contribution is 2.35. The van der Waals surface area contributed by atoms with E-state index in [-0.39, 0.29) is 0 Å². The molecular formula is C11H22. The summed E-state index contributed by atoms with van der Waals surface area (Å²) in [5.74, 6) is 1.74. The van der Waals surface area contributed by atoms with Crippen molar-refractivity contribution in [2.75, 3.05) is 0 Å². The first-order valence-corrected chi connectivity index (χ1v) is 4.87. The lowest BCUT2D eigenvalue weighted by Gasteiger charge is -2.13. The fraction of sp³-hybridized carbons (Fsp3) is 0.818. The molecule has 0 aliphatic heterocycles. The van der Waals surface area contributed by atoms with Crippen LogP contribution in [-0.4, -0.2) is 0 Å². The Morgan fingerprint density at radius 3 is 2.00 bits per heavy atom. The van der Waals surface area contributed by atoms with Gasteiger partial charge in [-0.3, -0.25) is 0 Å². The first kappa shape index (κ1) is 10.7. The normalized spacial score (nSPS) is 29.1. The van der Waals surface area contributed by atoms with Crippen LogP contribution in [0.5, 0.6) is 0 Å². The molecule has 0 aromatic rings. The minimum absolute atomic E-state index is 0.838. The lowest BCUT2D eigenvalue weighted by Crippen LogP contribution is -2.03. The van der Waals surface area contributed by atoms with E-state index >= 15 is 0 Å². The molecule has 66 valence electrons. The Balaban J connectivity index is 0.000000461. The maximum atomic E-state index is 3.99. The Kier molecular flexibility index (Phi) is 5.27. The predicted octanol–water partition coefficient (Wildman–Crippen LogP) is 4.02. The lowest BCUT2D eigenvalue weighted by molar-refractivity contribution is 0.481. The quantitative estimate of drug-likeness (QED) is 0.500. The van der Waals surface area contributed by atoms with Crippen molar-refractivity contribution in [2.24, 2.45) is 11.8 Å². The molecule has 0 saturated heterocycles. The van der Waals surface area contributed by atoms with Crippen LogP contribution in [0.2, 0.25) is 0 Å². The van der Waals surface area contributed by atoms with Gasteiger partial charge in [-0.2, -0.15) is 0 Å². The van der Waals surface area contributed by atoms with Gasteiger partial charge in [0.15, 0.2) is 0 Å². The van der Waals surface area contributed by atoms with Crippen molar-refractivity contribution in [3.8, 4) is 0 Å². The summed E-state index contributed by atoms with van der Waals surface area (Å²) in [7, 11) is 0. The van der Waals surface area contributed by atoms with E-state index < -0.39 is 0 Å². The molecule has 0 N–H and O–H groups in total. The summed E-state index contributed by atoms with van der Waals surface area (Å²) >= 11 is 0. The molecule has 2 atom stereocenters. The second-order valence-electron chi connectivity index (χ2n) is 3.36. The third-order valence-corrected chi connectivity index (χ3v) is 2.49. The number of hydrogen-bond donors (Lipinski definition) is 0. The van der Waals surface area contributed by atoms with Gasteiger partial charge in [0.1, 0.15) is 0 Å². The summed E-state index contributed by atoms with van der Waals surface area (Å²) in [6, 6.07) is 0. The molecule has 0 amide bonds. The average molecular weight is 154 g/mol. The molecule has 0 heteroatoms. The van der Waals surface area contributed by atoms with E-state index in [2.05, 4.69) is 20.4 Å². The summed E-state index contributed by atoms with van der Waals surface area (Å²) in [6.45, 7) is 12.5. The molecular weight excluding hydrogens is 132 g/mol. The molecule has 0 bridgehead atoms.